The van der Waals surface area contributed by atoms with Crippen LogP contribution in [-0.2, 0) is 6.54 Å². The van der Waals surface area contributed by atoms with Crippen LogP contribution in [0.15, 0.2) is 28.7 Å². The zero-order valence-corrected chi connectivity index (χ0v) is 11.0. The topological polar surface area (TPSA) is 47.3 Å². The summed E-state index contributed by atoms with van der Waals surface area (Å²) in [6.45, 7) is 5.28. The number of nitrogens with one attached hydrogen (secondary N) is 1. The maximum absolute atomic E-state index is 5.66. The summed E-state index contributed by atoms with van der Waals surface area (Å²) in [4.78, 5) is 4.48. The van der Waals surface area contributed by atoms with Gasteiger partial charge in [0, 0.05) is 12.1 Å². The van der Waals surface area contributed by atoms with Gasteiger partial charge in [-0.25, -0.2) is 4.98 Å². The zero-order valence-electron chi connectivity index (χ0n) is 11.0. The van der Waals surface area contributed by atoms with Crippen molar-refractivity contribution in [1.82, 2.24) is 10.3 Å². The molecule has 0 unspecified atom stereocenters. The van der Waals surface area contributed by atoms with Crippen molar-refractivity contribution in [3.8, 4) is 17.2 Å². The molecule has 1 aromatic heterocycles. The highest BCUT2D eigenvalue weighted by molar-refractivity contribution is 5.55. The van der Waals surface area contributed by atoms with E-state index in [1.807, 2.05) is 45.2 Å². The summed E-state index contributed by atoms with van der Waals surface area (Å²) in [7, 11) is 1.89. The first kappa shape index (κ1) is 12.6. The number of rotatable bonds is 5. The van der Waals surface area contributed by atoms with Crippen LogP contribution < -0.4 is 10.1 Å². The monoisotopic (exact) mass is 246 g/mol. The maximum atomic E-state index is 5.66. The summed E-state index contributed by atoms with van der Waals surface area (Å²) >= 11 is 0. The molecule has 0 saturated carbocycles. The Bertz CT molecular complexity index is 503. The molecule has 0 aliphatic heterocycles. The van der Waals surface area contributed by atoms with Crippen molar-refractivity contribution in [2.75, 3.05) is 13.7 Å². The predicted molar refractivity (Wildman–Crippen MR) is 70.6 cm³/mol. The molecular formula is C14H18N2O2. The smallest absolute Gasteiger partial charge is 0.226 e. The third-order valence-electron chi connectivity index (χ3n) is 2.65. The van der Waals surface area contributed by atoms with Gasteiger partial charge in [0.15, 0.2) is 0 Å². The van der Waals surface area contributed by atoms with E-state index >= 15 is 0 Å². The van der Waals surface area contributed by atoms with E-state index in [-0.39, 0.29) is 0 Å². The van der Waals surface area contributed by atoms with Gasteiger partial charge in [-0.05, 0) is 45.2 Å². The molecule has 1 N–H and O–H groups in total. The lowest BCUT2D eigenvalue weighted by atomic mass is 10.2. The van der Waals surface area contributed by atoms with E-state index in [9.17, 15) is 0 Å². The Kier molecular flexibility index (Phi) is 3.99. The van der Waals surface area contributed by atoms with E-state index in [1.165, 1.54) is 0 Å². The van der Waals surface area contributed by atoms with Crippen LogP contribution in [0, 0.1) is 6.92 Å². The molecule has 0 bridgehead atoms. The van der Waals surface area contributed by atoms with Gasteiger partial charge in [-0.2, -0.15) is 0 Å². The summed E-state index contributed by atoms with van der Waals surface area (Å²) < 4.78 is 11.1. The van der Waals surface area contributed by atoms with Crippen molar-refractivity contribution in [2.45, 2.75) is 20.4 Å². The second-order valence-electron chi connectivity index (χ2n) is 4.01. The minimum Gasteiger partial charge on any atom is -0.494 e. The summed E-state index contributed by atoms with van der Waals surface area (Å²) in [6, 6.07) is 7.77. The summed E-state index contributed by atoms with van der Waals surface area (Å²) in [5.41, 5.74) is 1.91. The van der Waals surface area contributed by atoms with Gasteiger partial charge in [-0.15, -0.1) is 0 Å². The molecule has 18 heavy (non-hydrogen) atoms. The van der Waals surface area contributed by atoms with Gasteiger partial charge in [0.1, 0.15) is 11.5 Å². The third-order valence-corrected chi connectivity index (χ3v) is 2.65. The Labute approximate surface area is 107 Å². The van der Waals surface area contributed by atoms with Crippen molar-refractivity contribution in [3.05, 3.63) is 35.7 Å². The number of aromatic nitrogens is 1. The number of hydrogen-bond donors (Lipinski definition) is 1. The van der Waals surface area contributed by atoms with Crippen molar-refractivity contribution in [1.29, 1.82) is 0 Å². The second-order valence-corrected chi connectivity index (χ2v) is 4.01. The molecule has 0 aliphatic rings. The van der Waals surface area contributed by atoms with E-state index in [0.29, 0.717) is 19.0 Å². The Morgan fingerprint density at radius 1 is 1.28 bits per heavy atom. The van der Waals surface area contributed by atoms with Crippen LogP contribution in [0.25, 0.3) is 11.5 Å². The minimum atomic E-state index is 0.654. The van der Waals surface area contributed by atoms with Gasteiger partial charge < -0.3 is 14.5 Å². The van der Waals surface area contributed by atoms with Crippen LogP contribution in [0.3, 0.4) is 0 Å². The molecule has 0 aliphatic carbocycles. The number of aryl methyl sites for hydroxylation is 1. The molecule has 2 rings (SSSR count). The predicted octanol–water partition coefficient (Wildman–Crippen LogP) is 2.77. The number of nitrogens with zero attached hydrogens (tertiary/aromatic N) is 1. The quantitative estimate of drug-likeness (QED) is 0.881. The normalized spacial score (nSPS) is 10.6. The van der Waals surface area contributed by atoms with E-state index < -0.39 is 0 Å². The average Bonchev–Trinajstić information content (AvgIpc) is 2.73. The molecule has 0 fully saturated rings. The van der Waals surface area contributed by atoms with Crippen molar-refractivity contribution >= 4 is 0 Å². The molecular weight excluding hydrogens is 228 g/mol. The Hall–Kier alpha value is -1.81. The first-order valence-electron chi connectivity index (χ1n) is 6.08. The fourth-order valence-corrected chi connectivity index (χ4v) is 1.74. The number of ether oxygens (including phenoxy) is 1. The van der Waals surface area contributed by atoms with Gasteiger partial charge >= 0.3 is 0 Å². The van der Waals surface area contributed by atoms with Gasteiger partial charge in [0.2, 0.25) is 5.89 Å². The van der Waals surface area contributed by atoms with Crippen LogP contribution in [0.5, 0.6) is 5.75 Å². The third kappa shape index (κ3) is 2.71. The highest BCUT2D eigenvalue weighted by atomic mass is 16.5. The fraction of sp³-hybridized carbons (Fsp3) is 0.357. The van der Waals surface area contributed by atoms with Crippen LogP contribution in [0.4, 0.5) is 0 Å². The Morgan fingerprint density at radius 2 is 2.00 bits per heavy atom. The van der Waals surface area contributed by atoms with Crippen molar-refractivity contribution < 1.29 is 9.15 Å². The molecule has 4 nitrogen and oxygen atoms in total. The lowest BCUT2D eigenvalue weighted by Crippen LogP contribution is -2.06. The second kappa shape index (κ2) is 5.69. The molecule has 96 valence electrons. The van der Waals surface area contributed by atoms with Crippen LogP contribution in [0.2, 0.25) is 0 Å². The molecule has 0 spiro atoms. The average molecular weight is 246 g/mol. The Morgan fingerprint density at radius 3 is 2.61 bits per heavy atom. The minimum absolute atomic E-state index is 0.654. The summed E-state index contributed by atoms with van der Waals surface area (Å²) in [5, 5.41) is 3.07. The van der Waals surface area contributed by atoms with E-state index in [2.05, 4.69) is 10.3 Å². The molecule has 0 saturated heterocycles. The maximum Gasteiger partial charge on any atom is 0.226 e. The van der Waals surface area contributed by atoms with Gasteiger partial charge in [0.05, 0.1) is 12.3 Å². The van der Waals surface area contributed by atoms with Crippen LogP contribution in [0.1, 0.15) is 18.4 Å². The molecule has 0 amide bonds. The van der Waals surface area contributed by atoms with Crippen LogP contribution >= 0.6 is 0 Å². The van der Waals surface area contributed by atoms with Gasteiger partial charge in [-0.3, -0.25) is 0 Å². The van der Waals surface area contributed by atoms with Gasteiger partial charge in [0.25, 0.3) is 0 Å². The first-order chi connectivity index (χ1) is 8.74. The SMILES string of the molecule is CCOc1ccc(-c2nc(CNC)c(C)o2)cc1. The van der Waals surface area contributed by atoms with Crippen LogP contribution in [-0.4, -0.2) is 18.6 Å². The Balaban J connectivity index is 2.22. The van der Waals surface area contributed by atoms with Crippen molar-refractivity contribution in [2.24, 2.45) is 0 Å². The molecule has 0 atom stereocenters. The highest BCUT2D eigenvalue weighted by Gasteiger charge is 2.10. The van der Waals surface area contributed by atoms with E-state index in [4.69, 9.17) is 9.15 Å². The summed E-state index contributed by atoms with van der Waals surface area (Å²) in [5.74, 6) is 2.37. The zero-order chi connectivity index (χ0) is 13.0. The summed E-state index contributed by atoms with van der Waals surface area (Å²) in [6.07, 6.45) is 0. The van der Waals surface area contributed by atoms with Gasteiger partial charge in [-0.1, -0.05) is 0 Å². The number of benzene rings is 1. The fourth-order valence-electron chi connectivity index (χ4n) is 1.74. The molecule has 2 aromatic rings. The largest absolute Gasteiger partial charge is 0.494 e. The first-order valence-corrected chi connectivity index (χ1v) is 6.08. The molecule has 1 aromatic carbocycles. The lowest BCUT2D eigenvalue weighted by Gasteiger charge is -2.02. The molecule has 4 heteroatoms. The number of oxazole rings is 1. The van der Waals surface area contributed by atoms with Crippen molar-refractivity contribution in [3.63, 3.8) is 0 Å². The van der Waals surface area contributed by atoms with E-state index in [0.717, 1.165) is 22.8 Å². The highest BCUT2D eigenvalue weighted by Crippen LogP contribution is 2.24. The standard InChI is InChI=1S/C14H18N2O2/c1-4-17-12-7-5-11(6-8-12)14-16-13(9-15-3)10(2)18-14/h5-8,15H,4,9H2,1-3H3. The molecule has 1 heterocycles. The van der Waals surface area contributed by atoms with E-state index in [1.54, 1.807) is 0 Å². The molecule has 0 radical (unpaired) electrons. The number of hydrogen-bond acceptors (Lipinski definition) is 4. The lowest BCUT2D eigenvalue weighted by molar-refractivity contribution is 0.340.